The van der Waals surface area contributed by atoms with Crippen LogP contribution in [0.15, 0.2) is 71.6 Å². The van der Waals surface area contributed by atoms with E-state index in [1.807, 2.05) is 30.4 Å². The molecule has 3 aromatic rings. The Morgan fingerprint density at radius 3 is 2.43 bits per heavy atom. The summed E-state index contributed by atoms with van der Waals surface area (Å²) in [5, 5.41) is 9.34. The van der Waals surface area contributed by atoms with Crippen LogP contribution in [0, 0.1) is 12.7 Å². The van der Waals surface area contributed by atoms with E-state index in [9.17, 15) is 18.8 Å². The highest BCUT2D eigenvalue weighted by Crippen LogP contribution is 2.25. The first-order valence-electron chi connectivity index (χ1n) is 11.2. The molecule has 0 radical (unpaired) electrons. The van der Waals surface area contributed by atoms with Crippen LogP contribution in [0.25, 0.3) is 6.08 Å². The monoisotopic (exact) mass is 472 g/mol. The fourth-order valence-corrected chi connectivity index (χ4v) is 3.91. The molecule has 2 aliphatic rings. The molecule has 0 unspecified atom stereocenters. The Labute approximate surface area is 202 Å². The number of allylic oxidation sites excluding steroid dienone is 3. The van der Waals surface area contributed by atoms with Gasteiger partial charge in [0.15, 0.2) is 0 Å². The van der Waals surface area contributed by atoms with Gasteiger partial charge in [-0.3, -0.25) is 19.7 Å². The second kappa shape index (κ2) is 10.8. The van der Waals surface area contributed by atoms with Crippen molar-refractivity contribution in [3.63, 3.8) is 0 Å². The number of aromatic amines is 1. The molecule has 1 aliphatic carbocycles. The lowest BCUT2D eigenvalue weighted by molar-refractivity contribution is -0.127. The summed E-state index contributed by atoms with van der Waals surface area (Å²) in [7, 11) is 0. The van der Waals surface area contributed by atoms with Gasteiger partial charge in [-0.15, -0.1) is 0 Å². The number of fused-ring (bicyclic) bond motifs is 1. The predicted molar refractivity (Wildman–Crippen MR) is 132 cm³/mol. The molecule has 2 N–H and O–H groups in total. The van der Waals surface area contributed by atoms with E-state index < -0.39 is 17.6 Å². The zero-order chi connectivity index (χ0) is 24.8. The highest BCUT2D eigenvalue weighted by Gasteiger charge is 2.29. The van der Waals surface area contributed by atoms with Crippen LogP contribution in [-0.2, 0) is 22.4 Å². The number of carbonyl (C=O) groups excluding carboxylic acids is 2. The van der Waals surface area contributed by atoms with Crippen LogP contribution < -0.4 is 15.8 Å². The number of halogens is 1. The lowest BCUT2D eigenvalue weighted by atomic mass is 9.99. The van der Waals surface area contributed by atoms with Gasteiger partial charge < -0.3 is 0 Å². The van der Waals surface area contributed by atoms with E-state index in [0.717, 1.165) is 10.5 Å². The van der Waals surface area contributed by atoms with Crippen molar-refractivity contribution in [2.24, 2.45) is 0 Å². The molecular formula is C27H25FN4O3. The number of aryl methyl sites for hydroxylation is 1. The summed E-state index contributed by atoms with van der Waals surface area (Å²) in [6.45, 7) is 2.03. The largest absolute Gasteiger partial charge is 0.300 e. The minimum Gasteiger partial charge on any atom is -0.300 e. The Kier molecular flexibility index (Phi) is 7.42. The fourth-order valence-electron chi connectivity index (χ4n) is 3.91. The molecule has 35 heavy (non-hydrogen) atoms. The fraction of sp³-hybridized carbons (Fsp3) is 0.185. The van der Waals surface area contributed by atoms with Crippen LogP contribution in [0.2, 0.25) is 0 Å². The Morgan fingerprint density at radius 2 is 1.74 bits per heavy atom. The van der Waals surface area contributed by atoms with E-state index in [4.69, 9.17) is 0 Å². The third kappa shape index (κ3) is 5.67. The number of amides is 2. The second-order valence-electron chi connectivity index (χ2n) is 8.23. The number of rotatable bonds is 3. The summed E-state index contributed by atoms with van der Waals surface area (Å²) < 4.78 is 14.4. The van der Waals surface area contributed by atoms with Gasteiger partial charge in [-0.2, -0.15) is 5.10 Å². The molecule has 8 heteroatoms. The Bertz CT molecular complexity index is 1350. The van der Waals surface area contributed by atoms with Gasteiger partial charge in [0.1, 0.15) is 5.82 Å². The van der Waals surface area contributed by atoms with Gasteiger partial charge in [0.2, 0.25) is 11.8 Å². The lowest BCUT2D eigenvalue weighted by Crippen LogP contribution is -2.52. The molecule has 2 aromatic carbocycles. The molecule has 0 saturated carbocycles. The van der Waals surface area contributed by atoms with E-state index in [0.29, 0.717) is 29.7 Å². The van der Waals surface area contributed by atoms with E-state index in [1.54, 1.807) is 18.2 Å². The molecule has 1 fully saturated rings. The first-order valence-corrected chi connectivity index (χ1v) is 11.2. The first kappa shape index (κ1) is 24.0. The lowest BCUT2D eigenvalue weighted by Gasteiger charge is -2.26. The molecule has 1 aliphatic heterocycles. The average Bonchev–Trinajstić information content (AvgIpc) is 3.11. The molecule has 0 bridgehead atoms. The number of piperazine rings is 1. The molecule has 178 valence electrons. The van der Waals surface area contributed by atoms with Crippen LogP contribution in [0.4, 0.5) is 10.1 Å². The van der Waals surface area contributed by atoms with Crippen LogP contribution in [-0.4, -0.2) is 35.1 Å². The number of nitrogens with one attached hydrogen (secondary N) is 2. The van der Waals surface area contributed by atoms with Crippen molar-refractivity contribution in [2.75, 3.05) is 18.0 Å². The number of imide groups is 1. The van der Waals surface area contributed by atoms with Crippen molar-refractivity contribution in [1.29, 1.82) is 0 Å². The minimum atomic E-state index is -0.647. The molecule has 7 nitrogen and oxygen atoms in total. The van der Waals surface area contributed by atoms with Crippen molar-refractivity contribution in [2.45, 2.75) is 19.8 Å². The maximum atomic E-state index is 14.4. The molecule has 2 amide bonds. The van der Waals surface area contributed by atoms with E-state index >= 15 is 0 Å². The van der Waals surface area contributed by atoms with Gasteiger partial charge >= 0.3 is 0 Å². The highest BCUT2D eigenvalue weighted by atomic mass is 19.1. The molecular weight excluding hydrogens is 447 g/mol. The second-order valence-corrected chi connectivity index (χ2v) is 8.23. The zero-order valence-electron chi connectivity index (χ0n) is 19.3. The summed E-state index contributed by atoms with van der Waals surface area (Å²) in [5.74, 6) is -1.65. The van der Waals surface area contributed by atoms with E-state index in [1.165, 1.54) is 17.7 Å². The van der Waals surface area contributed by atoms with Gasteiger partial charge in [-0.1, -0.05) is 60.2 Å². The van der Waals surface area contributed by atoms with Crippen molar-refractivity contribution in [3.8, 4) is 0 Å². The number of aromatic nitrogens is 2. The van der Waals surface area contributed by atoms with Crippen LogP contribution in [0.5, 0.6) is 0 Å². The van der Waals surface area contributed by atoms with Crippen molar-refractivity contribution in [1.82, 2.24) is 15.5 Å². The SMILES string of the molecule is Cc1ccccc1.O=C1CNCC(=O)N1c1cc(Cc2n[nH]c(=O)c3c2CC=CC=C3)ccc1F. The number of anilines is 1. The standard InChI is InChI=1S/C20H17FN4O3.C7H8/c21-15-7-6-12(9-17(15)25-18(26)10-22-11-19(25)27)8-16-13-4-2-1-3-5-14(13)20(28)24-23-16;1-7-5-3-2-4-6-7/h1-3,5-7,9,22H,4,8,10-11H2,(H,24,28);2-6H,1H3. The number of carbonyl (C=O) groups is 2. The first-order chi connectivity index (χ1) is 16.9. The normalized spacial score (nSPS) is 14.7. The molecule has 5 rings (SSSR count). The van der Waals surface area contributed by atoms with Crippen molar-refractivity contribution < 1.29 is 14.0 Å². The van der Waals surface area contributed by atoms with Gasteiger partial charge in [-0.05, 0) is 42.7 Å². The predicted octanol–water partition coefficient (Wildman–Crippen LogP) is 3.08. The molecule has 1 saturated heterocycles. The summed E-state index contributed by atoms with van der Waals surface area (Å²) in [4.78, 5) is 37.1. The average molecular weight is 473 g/mol. The summed E-state index contributed by atoms with van der Waals surface area (Å²) in [6.07, 6.45) is 8.20. The van der Waals surface area contributed by atoms with E-state index in [2.05, 4.69) is 34.6 Å². The Hall–Kier alpha value is -4.17. The Balaban J connectivity index is 0.000000356. The van der Waals surface area contributed by atoms with Crippen molar-refractivity contribution >= 4 is 23.6 Å². The van der Waals surface area contributed by atoms with Crippen LogP contribution in [0.1, 0.15) is 27.9 Å². The van der Waals surface area contributed by atoms with Gasteiger partial charge in [0, 0.05) is 12.0 Å². The molecule has 0 atom stereocenters. The number of H-pyrrole nitrogens is 1. The molecule has 0 spiro atoms. The third-order valence-electron chi connectivity index (χ3n) is 5.66. The molecule has 2 heterocycles. The van der Waals surface area contributed by atoms with E-state index in [-0.39, 0.29) is 24.3 Å². The maximum absolute atomic E-state index is 14.4. The van der Waals surface area contributed by atoms with Gasteiger partial charge in [0.05, 0.1) is 24.5 Å². The van der Waals surface area contributed by atoms with Gasteiger partial charge in [-0.25, -0.2) is 14.4 Å². The number of hydrogen-bond donors (Lipinski definition) is 2. The van der Waals surface area contributed by atoms with Gasteiger partial charge in [0.25, 0.3) is 5.56 Å². The Morgan fingerprint density at radius 1 is 1.00 bits per heavy atom. The zero-order valence-corrected chi connectivity index (χ0v) is 19.3. The third-order valence-corrected chi connectivity index (χ3v) is 5.66. The van der Waals surface area contributed by atoms with Crippen LogP contribution in [0.3, 0.4) is 0 Å². The van der Waals surface area contributed by atoms with Crippen LogP contribution >= 0.6 is 0 Å². The summed E-state index contributed by atoms with van der Waals surface area (Å²) in [6, 6.07) is 14.6. The maximum Gasteiger partial charge on any atom is 0.271 e. The summed E-state index contributed by atoms with van der Waals surface area (Å²) in [5.41, 5.74) is 3.66. The number of nitrogens with zero attached hydrogens (tertiary/aromatic N) is 2. The number of hydrogen-bond acceptors (Lipinski definition) is 5. The molecule has 1 aromatic heterocycles. The minimum absolute atomic E-state index is 0.0247. The van der Waals surface area contributed by atoms with Crippen molar-refractivity contribution in [3.05, 3.63) is 111 Å². The number of benzene rings is 2. The highest BCUT2D eigenvalue weighted by molar-refractivity contribution is 6.17. The quantitative estimate of drug-likeness (QED) is 0.572. The topological polar surface area (TPSA) is 95.2 Å². The smallest absolute Gasteiger partial charge is 0.271 e. The summed E-state index contributed by atoms with van der Waals surface area (Å²) >= 11 is 0.